The van der Waals surface area contributed by atoms with Crippen LogP contribution in [0.25, 0.3) is 0 Å². The first-order valence-electron chi connectivity index (χ1n) is 6.31. The fourth-order valence-electron chi connectivity index (χ4n) is 1.50. The van der Waals surface area contributed by atoms with Crippen molar-refractivity contribution in [3.63, 3.8) is 0 Å². The Balaban J connectivity index is 0.00000264. The highest BCUT2D eigenvalue weighted by atomic mass is 35.5. The standard InChI is InChI=1S/C15H13F2N5.ClH/c16-13-7-3-1-5-11(13)9-19-21-15(18)22-20-10-12-6-2-4-8-14(12)17;/h1-10H,(H3,18,21,22);1H. The molecule has 0 heterocycles. The summed E-state index contributed by atoms with van der Waals surface area (Å²) in [5.74, 6) is -0.924. The number of halogens is 3. The molecule has 8 heteroatoms. The number of nitrogens with zero attached hydrogens (tertiary/aromatic N) is 3. The number of guanidine groups is 1. The van der Waals surface area contributed by atoms with E-state index >= 15 is 0 Å². The molecule has 120 valence electrons. The molecule has 0 unspecified atom stereocenters. The molecule has 0 aliphatic carbocycles. The van der Waals surface area contributed by atoms with Crippen LogP contribution < -0.4 is 11.2 Å². The molecule has 0 aliphatic heterocycles. The van der Waals surface area contributed by atoms with E-state index in [1.54, 1.807) is 36.4 Å². The van der Waals surface area contributed by atoms with Gasteiger partial charge in [-0.3, -0.25) is 0 Å². The highest BCUT2D eigenvalue weighted by molar-refractivity contribution is 5.85. The van der Waals surface area contributed by atoms with E-state index < -0.39 is 11.6 Å². The smallest absolute Gasteiger partial charge is 0.234 e. The van der Waals surface area contributed by atoms with Gasteiger partial charge < -0.3 is 5.73 Å². The van der Waals surface area contributed by atoms with Crippen LogP contribution in [0.5, 0.6) is 0 Å². The van der Waals surface area contributed by atoms with E-state index in [2.05, 4.69) is 20.7 Å². The lowest BCUT2D eigenvalue weighted by Gasteiger charge is -1.97. The fraction of sp³-hybridized carbons (Fsp3) is 0. The Morgan fingerprint density at radius 2 is 1.43 bits per heavy atom. The van der Waals surface area contributed by atoms with Crippen LogP contribution in [0.4, 0.5) is 8.78 Å². The van der Waals surface area contributed by atoms with E-state index in [4.69, 9.17) is 5.73 Å². The second-order valence-corrected chi connectivity index (χ2v) is 4.14. The highest BCUT2D eigenvalue weighted by Gasteiger charge is 1.96. The normalized spacial score (nSPS) is 11.7. The quantitative estimate of drug-likeness (QED) is 0.511. The van der Waals surface area contributed by atoms with Gasteiger partial charge in [-0.1, -0.05) is 36.4 Å². The Kier molecular flexibility index (Phi) is 7.35. The summed E-state index contributed by atoms with van der Waals surface area (Å²) >= 11 is 0. The molecule has 5 nitrogen and oxygen atoms in total. The fourth-order valence-corrected chi connectivity index (χ4v) is 1.50. The van der Waals surface area contributed by atoms with Gasteiger partial charge in [0.2, 0.25) is 5.96 Å². The van der Waals surface area contributed by atoms with Gasteiger partial charge in [-0.15, -0.1) is 17.5 Å². The summed E-state index contributed by atoms with van der Waals surface area (Å²) in [4.78, 5) is 0. The average Bonchev–Trinajstić information content (AvgIpc) is 2.51. The Morgan fingerprint density at radius 3 is 2.00 bits per heavy atom. The van der Waals surface area contributed by atoms with Gasteiger partial charge in [-0.05, 0) is 12.1 Å². The number of benzene rings is 2. The van der Waals surface area contributed by atoms with Gasteiger partial charge in [-0.25, -0.2) is 14.2 Å². The van der Waals surface area contributed by atoms with E-state index in [0.717, 1.165) is 0 Å². The molecule has 0 atom stereocenters. The largest absolute Gasteiger partial charge is 0.367 e. The van der Waals surface area contributed by atoms with E-state index in [9.17, 15) is 8.78 Å². The van der Waals surface area contributed by atoms with E-state index in [0.29, 0.717) is 5.56 Å². The molecule has 0 radical (unpaired) electrons. The van der Waals surface area contributed by atoms with Crippen molar-refractivity contribution in [1.29, 1.82) is 0 Å². The molecular weight excluding hydrogens is 324 g/mol. The Labute approximate surface area is 138 Å². The van der Waals surface area contributed by atoms with Crippen molar-refractivity contribution >= 4 is 30.8 Å². The van der Waals surface area contributed by atoms with Crippen molar-refractivity contribution < 1.29 is 8.78 Å². The Hall–Kier alpha value is -2.80. The summed E-state index contributed by atoms with van der Waals surface area (Å²) in [6.07, 6.45) is 2.49. The zero-order valence-electron chi connectivity index (χ0n) is 11.9. The van der Waals surface area contributed by atoms with Crippen molar-refractivity contribution in [1.82, 2.24) is 5.43 Å². The number of hydrogen-bond acceptors (Lipinski definition) is 3. The lowest BCUT2D eigenvalue weighted by Crippen LogP contribution is -2.26. The second kappa shape index (κ2) is 9.26. The summed E-state index contributed by atoms with van der Waals surface area (Å²) in [6, 6.07) is 12.2. The van der Waals surface area contributed by atoms with E-state index in [1.165, 1.54) is 24.6 Å². The molecule has 2 aromatic rings. The van der Waals surface area contributed by atoms with Crippen molar-refractivity contribution in [3.8, 4) is 0 Å². The maximum Gasteiger partial charge on any atom is 0.234 e. The van der Waals surface area contributed by atoms with Gasteiger partial charge in [0.05, 0.1) is 12.4 Å². The van der Waals surface area contributed by atoms with Crippen molar-refractivity contribution in [2.24, 2.45) is 21.0 Å². The summed E-state index contributed by atoms with van der Waals surface area (Å²) in [5.41, 5.74) is 8.47. The number of nitrogens with two attached hydrogens (primary N) is 1. The van der Waals surface area contributed by atoms with Gasteiger partial charge in [0.15, 0.2) is 0 Å². The average molecular weight is 338 g/mol. The molecule has 0 bridgehead atoms. The first-order chi connectivity index (χ1) is 10.7. The van der Waals surface area contributed by atoms with Gasteiger partial charge in [-0.2, -0.15) is 10.2 Å². The third kappa shape index (κ3) is 5.84. The van der Waals surface area contributed by atoms with Crippen molar-refractivity contribution in [2.45, 2.75) is 0 Å². The van der Waals surface area contributed by atoms with Crippen LogP contribution in [0.1, 0.15) is 11.1 Å². The number of hydrogen-bond donors (Lipinski definition) is 2. The van der Waals surface area contributed by atoms with Crippen molar-refractivity contribution in [3.05, 3.63) is 71.3 Å². The van der Waals surface area contributed by atoms with Crippen LogP contribution in [-0.4, -0.2) is 18.4 Å². The highest BCUT2D eigenvalue weighted by Crippen LogP contribution is 2.03. The van der Waals surface area contributed by atoms with Crippen LogP contribution >= 0.6 is 12.4 Å². The first kappa shape index (κ1) is 18.2. The van der Waals surface area contributed by atoms with Gasteiger partial charge in [0, 0.05) is 11.1 Å². The summed E-state index contributed by atoms with van der Waals surface area (Å²) in [6.45, 7) is 0. The van der Waals surface area contributed by atoms with Gasteiger partial charge >= 0.3 is 0 Å². The lowest BCUT2D eigenvalue weighted by atomic mass is 10.2. The van der Waals surface area contributed by atoms with Crippen LogP contribution in [-0.2, 0) is 0 Å². The Bertz CT molecular complexity index is 731. The molecule has 3 N–H and O–H groups in total. The van der Waals surface area contributed by atoms with E-state index in [1.807, 2.05) is 0 Å². The zero-order chi connectivity index (χ0) is 15.8. The van der Waals surface area contributed by atoms with Gasteiger partial charge in [0.1, 0.15) is 11.6 Å². The second-order valence-electron chi connectivity index (χ2n) is 4.14. The minimum absolute atomic E-state index is 0. The predicted octanol–water partition coefficient (Wildman–Crippen LogP) is 2.66. The maximum absolute atomic E-state index is 13.3. The molecule has 2 aromatic carbocycles. The number of rotatable bonds is 4. The molecule has 0 saturated carbocycles. The van der Waals surface area contributed by atoms with E-state index in [-0.39, 0.29) is 23.9 Å². The zero-order valence-corrected chi connectivity index (χ0v) is 12.7. The number of hydrazone groups is 1. The van der Waals surface area contributed by atoms with Crippen molar-refractivity contribution in [2.75, 3.05) is 0 Å². The molecule has 0 aromatic heterocycles. The number of nitrogens with one attached hydrogen (secondary N) is 1. The third-order valence-corrected chi connectivity index (χ3v) is 2.56. The van der Waals surface area contributed by atoms with Crippen LogP contribution in [0, 0.1) is 11.6 Å². The molecule has 0 amide bonds. The van der Waals surface area contributed by atoms with Gasteiger partial charge in [0.25, 0.3) is 0 Å². The summed E-state index contributed by atoms with van der Waals surface area (Å²) in [5, 5.41) is 11.0. The summed E-state index contributed by atoms with van der Waals surface area (Å²) < 4.78 is 26.6. The monoisotopic (exact) mass is 337 g/mol. The lowest BCUT2D eigenvalue weighted by molar-refractivity contribution is 0.625. The third-order valence-electron chi connectivity index (χ3n) is 2.56. The maximum atomic E-state index is 13.3. The molecule has 0 saturated heterocycles. The summed E-state index contributed by atoms with van der Waals surface area (Å²) in [7, 11) is 0. The predicted molar refractivity (Wildman–Crippen MR) is 90.0 cm³/mol. The molecule has 2 rings (SSSR count). The minimum Gasteiger partial charge on any atom is -0.367 e. The van der Waals surface area contributed by atoms with Crippen LogP contribution in [0.15, 0.2) is 63.8 Å². The SMILES string of the molecule is Cl.NC(=NN=Cc1ccccc1F)NN=Cc1ccccc1F. The molecule has 23 heavy (non-hydrogen) atoms. The molecule has 0 aliphatic rings. The van der Waals surface area contributed by atoms with Crippen LogP contribution in [0.2, 0.25) is 0 Å². The molecule has 0 spiro atoms. The first-order valence-corrected chi connectivity index (χ1v) is 6.31. The topological polar surface area (TPSA) is 75.1 Å². The minimum atomic E-state index is -0.412. The molecular formula is C15H14ClF2N5. The Morgan fingerprint density at radius 1 is 0.913 bits per heavy atom. The molecule has 0 fully saturated rings. The van der Waals surface area contributed by atoms with Crippen LogP contribution in [0.3, 0.4) is 0 Å².